The minimum absolute atomic E-state index is 0.151. The molecular weight excluding hydrogens is 274 g/mol. The van der Waals surface area contributed by atoms with Crippen molar-refractivity contribution >= 4 is 23.7 Å². The number of carbonyl (C=O) groups is 3. The topological polar surface area (TPSA) is 81.7 Å². The average molecular weight is 293 g/mol. The van der Waals surface area contributed by atoms with Crippen molar-refractivity contribution in [3.63, 3.8) is 0 Å². The minimum atomic E-state index is -1.03. The summed E-state index contributed by atoms with van der Waals surface area (Å²) in [5, 5.41) is 2.60. The van der Waals surface area contributed by atoms with Gasteiger partial charge >= 0.3 is 12.1 Å². The Morgan fingerprint density at radius 1 is 1.24 bits per heavy atom. The fraction of sp³-hybridized carbons (Fsp3) is 0.400. The van der Waals surface area contributed by atoms with Gasteiger partial charge in [0.1, 0.15) is 0 Å². The van der Waals surface area contributed by atoms with Crippen molar-refractivity contribution in [2.24, 2.45) is 5.92 Å². The Bertz CT molecular complexity index is 551. The van der Waals surface area contributed by atoms with Crippen LogP contribution in [0.25, 0.3) is 0 Å². The quantitative estimate of drug-likeness (QED) is 0.682. The van der Waals surface area contributed by atoms with Crippen LogP contribution in [0.1, 0.15) is 36.7 Å². The first-order valence-corrected chi connectivity index (χ1v) is 6.56. The van der Waals surface area contributed by atoms with Crippen LogP contribution in [0.4, 0.5) is 10.5 Å². The van der Waals surface area contributed by atoms with Crippen LogP contribution in [0.5, 0.6) is 0 Å². The van der Waals surface area contributed by atoms with E-state index in [1.54, 1.807) is 13.0 Å². The van der Waals surface area contributed by atoms with Gasteiger partial charge in [-0.3, -0.25) is 4.79 Å². The number of nitrogens with one attached hydrogen (secondary N) is 1. The maximum Gasteiger partial charge on any atom is 0.516 e. The van der Waals surface area contributed by atoms with Crippen molar-refractivity contribution in [1.82, 2.24) is 0 Å². The summed E-state index contributed by atoms with van der Waals surface area (Å²) in [7, 11) is 0. The maximum absolute atomic E-state index is 11.8. The second-order valence-electron chi connectivity index (χ2n) is 5.06. The van der Waals surface area contributed by atoms with Crippen molar-refractivity contribution in [2.75, 3.05) is 11.9 Å². The first-order valence-electron chi connectivity index (χ1n) is 6.56. The zero-order valence-electron chi connectivity index (χ0n) is 12.6. The van der Waals surface area contributed by atoms with Gasteiger partial charge in [-0.15, -0.1) is 0 Å². The highest BCUT2D eigenvalue weighted by molar-refractivity contribution is 5.97. The van der Waals surface area contributed by atoms with Crippen LogP contribution in [0.2, 0.25) is 0 Å². The van der Waals surface area contributed by atoms with E-state index in [2.05, 4.69) is 10.1 Å². The molecule has 0 saturated carbocycles. The van der Waals surface area contributed by atoms with Crippen LogP contribution in [0.15, 0.2) is 18.2 Å². The van der Waals surface area contributed by atoms with Gasteiger partial charge in [0, 0.05) is 12.6 Å². The standard InChI is InChI=1S/C15H19NO5/c1-9(2)8-20-15(19)21-14(18)12-6-5-10(3)13(7-12)16-11(4)17/h5-7,9H,8H2,1-4H3,(H,16,17). The summed E-state index contributed by atoms with van der Waals surface area (Å²) in [6.45, 7) is 7.08. The molecule has 0 fully saturated rings. The lowest BCUT2D eigenvalue weighted by atomic mass is 10.1. The summed E-state index contributed by atoms with van der Waals surface area (Å²) in [5.41, 5.74) is 1.45. The first-order chi connectivity index (χ1) is 9.79. The van der Waals surface area contributed by atoms with Gasteiger partial charge in [0.05, 0.1) is 12.2 Å². The van der Waals surface area contributed by atoms with Crippen LogP contribution < -0.4 is 5.32 Å². The van der Waals surface area contributed by atoms with E-state index >= 15 is 0 Å². The Morgan fingerprint density at radius 2 is 1.90 bits per heavy atom. The second kappa shape index (κ2) is 7.42. The molecule has 1 amide bonds. The molecule has 1 rings (SSSR count). The molecule has 1 aromatic carbocycles. The number of amides is 1. The van der Waals surface area contributed by atoms with E-state index in [0.717, 1.165) is 5.56 Å². The smallest absolute Gasteiger partial charge is 0.434 e. The predicted octanol–water partition coefficient (Wildman–Crippen LogP) is 2.90. The summed E-state index contributed by atoms with van der Waals surface area (Å²) in [6, 6.07) is 4.62. The third kappa shape index (κ3) is 5.64. The molecule has 0 atom stereocenters. The molecule has 1 N–H and O–H groups in total. The fourth-order valence-electron chi connectivity index (χ4n) is 1.47. The van der Waals surface area contributed by atoms with E-state index in [4.69, 9.17) is 4.74 Å². The molecule has 0 aliphatic carbocycles. The largest absolute Gasteiger partial charge is 0.516 e. The summed E-state index contributed by atoms with van der Waals surface area (Å²) in [6.07, 6.45) is -1.03. The van der Waals surface area contributed by atoms with E-state index in [1.807, 2.05) is 13.8 Å². The number of hydrogen-bond acceptors (Lipinski definition) is 5. The highest BCUT2D eigenvalue weighted by Gasteiger charge is 2.16. The number of carbonyl (C=O) groups excluding carboxylic acids is 3. The van der Waals surface area contributed by atoms with E-state index < -0.39 is 12.1 Å². The number of aryl methyl sites for hydroxylation is 1. The van der Waals surface area contributed by atoms with Gasteiger partial charge in [0.15, 0.2) is 0 Å². The van der Waals surface area contributed by atoms with Crippen molar-refractivity contribution in [3.05, 3.63) is 29.3 Å². The van der Waals surface area contributed by atoms with Crippen molar-refractivity contribution in [2.45, 2.75) is 27.7 Å². The monoisotopic (exact) mass is 293 g/mol. The van der Waals surface area contributed by atoms with Gasteiger partial charge in [-0.05, 0) is 30.5 Å². The minimum Gasteiger partial charge on any atom is -0.434 e. The molecular formula is C15H19NO5. The lowest BCUT2D eigenvalue weighted by Crippen LogP contribution is -2.17. The number of esters is 1. The number of rotatable bonds is 4. The molecule has 6 nitrogen and oxygen atoms in total. The predicted molar refractivity (Wildman–Crippen MR) is 77.1 cm³/mol. The van der Waals surface area contributed by atoms with Crippen LogP contribution in [-0.2, 0) is 14.3 Å². The van der Waals surface area contributed by atoms with Crippen LogP contribution in [0, 0.1) is 12.8 Å². The normalized spacial score (nSPS) is 10.1. The molecule has 0 aliphatic rings. The van der Waals surface area contributed by atoms with Crippen LogP contribution >= 0.6 is 0 Å². The van der Waals surface area contributed by atoms with Crippen LogP contribution in [-0.4, -0.2) is 24.6 Å². The van der Waals surface area contributed by atoms with Crippen LogP contribution in [0.3, 0.4) is 0 Å². The Morgan fingerprint density at radius 3 is 2.48 bits per heavy atom. The Kier molecular flexibility index (Phi) is 5.90. The average Bonchev–Trinajstić information content (AvgIpc) is 2.38. The number of hydrogen-bond donors (Lipinski definition) is 1. The molecule has 0 heterocycles. The summed E-state index contributed by atoms with van der Waals surface area (Å²) in [4.78, 5) is 34.2. The van der Waals surface area contributed by atoms with Crippen molar-refractivity contribution < 1.29 is 23.9 Å². The Balaban J connectivity index is 2.74. The van der Waals surface area contributed by atoms with E-state index in [-0.39, 0.29) is 24.0 Å². The number of anilines is 1. The number of ether oxygens (including phenoxy) is 2. The summed E-state index contributed by atoms with van der Waals surface area (Å²) in [5.74, 6) is -0.922. The van der Waals surface area contributed by atoms with E-state index in [0.29, 0.717) is 5.69 Å². The van der Waals surface area contributed by atoms with E-state index in [9.17, 15) is 14.4 Å². The summed E-state index contributed by atoms with van der Waals surface area (Å²) >= 11 is 0. The van der Waals surface area contributed by atoms with Gasteiger partial charge in [-0.1, -0.05) is 19.9 Å². The van der Waals surface area contributed by atoms with E-state index in [1.165, 1.54) is 19.1 Å². The fourth-order valence-corrected chi connectivity index (χ4v) is 1.47. The number of benzene rings is 1. The second-order valence-corrected chi connectivity index (χ2v) is 5.06. The van der Waals surface area contributed by atoms with Gasteiger partial charge < -0.3 is 14.8 Å². The maximum atomic E-state index is 11.8. The van der Waals surface area contributed by atoms with Gasteiger partial charge in [-0.2, -0.15) is 0 Å². The van der Waals surface area contributed by atoms with Crippen molar-refractivity contribution in [1.29, 1.82) is 0 Å². The lowest BCUT2D eigenvalue weighted by Gasteiger charge is -2.09. The molecule has 0 aliphatic heterocycles. The molecule has 0 aromatic heterocycles. The molecule has 1 aromatic rings. The highest BCUT2D eigenvalue weighted by atomic mass is 16.7. The third-order valence-corrected chi connectivity index (χ3v) is 2.49. The molecule has 0 radical (unpaired) electrons. The Hall–Kier alpha value is -2.37. The molecule has 6 heteroatoms. The van der Waals surface area contributed by atoms with Gasteiger partial charge in [0.25, 0.3) is 0 Å². The molecule has 21 heavy (non-hydrogen) atoms. The summed E-state index contributed by atoms with van der Waals surface area (Å²) < 4.78 is 9.34. The zero-order chi connectivity index (χ0) is 16.0. The SMILES string of the molecule is CC(=O)Nc1cc(C(=O)OC(=O)OCC(C)C)ccc1C. The third-order valence-electron chi connectivity index (χ3n) is 2.49. The first kappa shape index (κ1) is 16.7. The molecule has 0 unspecified atom stereocenters. The van der Waals surface area contributed by atoms with Gasteiger partial charge in [-0.25, -0.2) is 9.59 Å². The molecule has 0 saturated heterocycles. The Labute approximate surface area is 123 Å². The lowest BCUT2D eigenvalue weighted by molar-refractivity contribution is -0.114. The van der Waals surface area contributed by atoms with Gasteiger partial charge in [0.2, 0.25) is 5.91 Å². The van der Waals surface area contributed by atoms with Crippen molar-refractivity contribution in [3.8, 4) is 0 Å². The molecule has 0 spiro atoms. The molecule has 114 valence electrons. The molecule has 0 bridgehead atoms. The zero-order valence-corrected chi connectivity index (χ0v) is 12.6. The highest BCUT2D eigenvalue weighted by Crippen LogP contribution is 2.17.